The maximum absolute atomic E-state index is 2.30. The molecule has 0 spiro atoms. The summed E-state index contributed by atoms with van der Waals surface area (Å²) in [6.07, 6.45) is 25.0. The van der Waals surface area contributed by atoms with Crippen molar-refractivity contribution in [2.24, 2.45) is 0 Å². The van der Waals surface area contributed by atoms with Gasteiger partial charge in [0.2, 0.25) is 0 Å². The van der Waals surface area contributed by atoms with Gasteiger partial charge in [0.25, 0.3) is 0 Å². The maximum atomic E-state index is 2.30. The molecule has 1 aliphatic rings. The van der Waals surface area contributed by atoms with Crippen molar-refractivity contribution in [3.63, 3.8) is 0 Å². The van der Waals surface area contributed by atoms with Crippen LogP contribution in [0.5, 0.6) is 0 Å². The topological polar surface area (TPSA) is 0 Å². The van der Waals surface area contributed by atoms with Crippen molar-refractivity contribution in [1.82, 2.24) is 0 Å². The normalized spacial score (nSPS) is 26.3. The fraction of sp³-hybridized carbons (Fsp3) is 0.429. The highest BCUT2D eigenvalue weighted by atomic mass is 13.9. The van der Waals surface area contributed by atoms with Crippen molar-refractivity contribution >= 4 is 0 Å². The smallest absolute Gasteiger partial charge is 0.0166 e. The largest absolute Gasteiger partial charge is 0.0882 e. The number of hydrogen-bond donors (Lipinski definition) is 0. The van der Waals surface area contributed by atoms with Crippen LogP contribution in [-0.4, -0.2) is 0 Å². The van der Waals surface area contributed by atoms with Gasteiger partial charge in [0.1, 0.15) is 0 Å². The van der Waals surface area contributed by atoms with Crippen LogP contribution in [0.4, 0.5) is 0 Å². The number of rotatable bonds is 0. The van der Waals surface area contributed by atoms with Crippen LogP contribution in [-0.2, 0) is 0 Å². The quantitative estimate of drug-likeness (QED) is 0.489. The molecular formula is C14H20. The third kappa shape index (κ3) is 6.47. The molecule has 0 heteroatoms. The fourth-order valence-electron chi connectivity index (χ4n) is 1.45. The van der Waals surface area contributed by atoms with Crippen LogP contribution in [0.15, 0.2) is 48.6 Å². The Morgan fingerprint density at radius 3 is 2.07 bits per heavy atom. The van der Waals surface area contributed by atoms with Crippen molar-refractivity contribution in [3.05, 3.63) is 48.6 Å². The first-order chi connectivity index (χ1) is 7.00. The lowest BCUT2D eigenvalue weighted by Gasteiger charge is -1.95. The summed E-state index contributed by atoms with van der Waals surface area (Å²) in [6, 6.07) is 0. The Morgan fingerprint density at radius 2 is 1.21 bits per heavy atom. The van der Waals surface area contributed by atoms with Gasteiger partial charge in [-0.25, -0.2) is 0 Å². The average Bonchev–Trinajstić information content (AvgIpc) is 2.22. The number of hydrogen-bond acceptors (Lipinski definition) is 0. The molecule has 0 nitrogen and oxygen atoms in total. The van der Waals surface area contributed by atoms with Gasteiger partial charge in [-0.15, -0.1) is 0 Å². The zero-order chi connectivity index (χ0) is 9.90. The minimum absolute atomic E-state index is 1.06. The third-order valence-electron chi connectivity index (χ3n) is 2.29. The summed E-state index contributed by atoms with van der Waals surface area (Å²) in [5, 5.41) is 0. The predicted octanol–water partition coefficient (Wildman–Crippen LogP) is 4.57. The molecule has 0 aromatic rings. The standard InChI is InChI=1S/C14H20/c1-2-4-6-8-10-12-14-13-11-9-7-5-3-1/h1-6,9,11H,7-8,10,12-14H2/b2-1+,5-3-,6-4+,11-9?. The highest BCUT2D eigenvalue weighted by Gasteiger charge is 1.85. The van der Waals surface area contributed by atoms with Gasteiger partial charge in [-0.05, 0) is 32.1 Å². The summed E-state index contributed by atoms with van der Waals surface area (Å²) in [5.74, 6) is 0. The van der Waals surface area contributed by atoms with Crippen molar-refractivity contribution < 1.29 is 0 Å². The van der Waals surface area contributed by atoms with Crippen LogP contribution in [0.3, 0.4) is 0 Å². The number of allylic oxidation sites excluding steroid dienone is 8. The highest BCUT2D eigenvalue weighted by molar-refractivity contribution is 5.11. The average molecular weight is 188 g/mol. The first-order valence-electron chi connectivity index (χ1n) is 5.63. The van der Waals surface area contributed by atoms with Gasteiger partial charge >= 0.3 is 0 Å². The van der Waals surface area contributed by atoms with Gasteiger partial charge in [-0.2, -0.15) is 0 Å². The molecule has 0 unspecified atom stereocenters. The third-order valence-corrected chi connectivity index (χ3v) is 2.29. The highest BCUT2D eigenvalue weighted by Crippen LogP contribution is 2.05. The SMILES string of the molecule is C1=CCCCCC/C=C/C=C/C=C\C1. The lowest BCUT2D eigenvalue weighted by molar-refractivity contribution is 0.695. The van der Waals surface area contributed by atoms with Crippen molar-refractivity contribution in [2.45, 2.75) is 38.5 Å². The molecule has 0 radical (unpaired) electrons. The van der Waals surface area contributed by atoms with Crippen LogP contribution in [0.25, 0.3) is 0 Å². The maximum Gasteiger partial charge on any atom is -0.0166 e. The van der Waals surface area contributed by atoms with Gasteiger partial charge < -0.3 is 0 Å². The van der Waals surface area contributed by atoms with E-state index in [4.69, 9.17) is 0 Å². The molecular weight excluding hydrogens is 168 g/mol. The molecule has 76 valence electrons. The molecule has 0 bridgehead atoms. The zero-order valence-electron chi connectivity index (χ0n) is 8.86. The van der Waals surface area contributed by atoms with Crippen LogP contribution in [0, 0.1) is 0 Å². The summed E-state index contributed by atoms with van der Waals surface area (Å²) in [4.78, 5) is 0. The Labute approximate surface area is 87.7 Å². The first-order valence-corrected chi connectivity index (χ1v) is 5.63. The molecule has 0 heterocycles. The van der Waals surface area contributed by atoms with E-state index in [1.165, 1.54) is 32.1 Å². The summed E-state index contributed by atoms with van der Waals surface area (Å²) in [7, 11) is 0. The van der Waals surface area contributed by atoms with E-state index < -0.39 is 0 Å². The molecule has 0 saturated heterocycles. The lowest BCUT2D eigenvalue weighted by atomic mass is 10.1. The molecule has 0 aromatic carbocycles. The summed E-state index contributed by atoms with van der Waals surface area (Å²) >= 11 is 0. The van der Waals surface area contributed by atoms with Gasteiger partial charge in [0.05, 0.1) is 0 Å². The molecule has 0 aromatic heterocycles. The van der Waals surface area contributed by atoms with Gasteiger partial charge in [-0.3, -0.25) is 0 Å². The molecule has 0 N–H and O–H groups in total. The van der Waals surface area contributed by atoms with Crippen LogP contribution in [0.2, 0.25) is 0 Å². The van der Waals surface area contributed by atoms with Crippen LogP contribution < -0.4 is 0 Å². The molecule has 14 heavy (non-hydrogen) atoms. The summed E-state index contributed by atoms with van der Waals surface area (Å²) in [6.45, 7) is 0. The van der Waals surface area contributed by atoms with E-state index in [1.54, 1.807) is 0 Å². The molecule has 1 rings (SSSR count). The van der Waals surface area contributed by atoms with E-state index in [9.17, 15) is 0 Å². The van der Waals surface area contributed by atoms with E-state index in [2.05, 4.69) is 48.6 Å². The summed E-state index contributed by atoms with van der Waals surface area (Å²) in [5.41, 5.74) is 0. The van der Waals surface area contributed by atoms with E-state index in [0.717, 1.165) is 6.42 Å². The molecule has 0 atom stereocenters. The second kappa shape index (κ2) is 8.55. The minimum Gasteiger partial charge on any atom is -0.0882 e. The van der Waals surface area contributed by atoms with Crippen LogP contribution in [0.1, 0.15) is 38.5 Å². The molecule has 0 saturated carbocycles. The Balaban J connectivity index is 2.36. The Bertz CT molecular complexity index is 228. The Hall–Kier alpha value is -1.04. The Kier molecular flexibility index (Phi) is 6.74. The van der Waals surface area contributed by atoms with Crippen molar-refractivity contribution in [1.29, 1.82) is 0 Å². The van der Waals surface area contributed by atoms with E-state index >= 15 is 0 Å². The zero-order valence-corrected chi connectivity index (χ0v) is 8.86. The van der Waals surface area contributed by atoms with Gasteiger partial charge in [0, 0.05) is 0 Å². The molecule has 0 fully saturated rings. The van der Waals surface area contributed by atoms with Gasteiger partial charge in [-0.1, -0.05) is 55.0 Å². The van der Waals surface area contributed by atoms with E-state index in [0.29, 0.717) is 0 Å². The fourth-order valence-corrected chi connectivity index (χ4v) is 1.45. The Morgan fingerprint density at radius 1 is 0.500 bits per heavy atom. The minimum atomic E-state index is 1.06. The molecule has 0 aliphatic heterocycles. The van der Waals surface area contributed by atoms with Crippen LogP contribution >= 0.6 is 0 Å². The predicted molar refractivity (Wildman–Crippen MR) is 64.3 cm³/mol. The molecule has 1 aliphatic carbocycles. The van der Waals surface area contributed by atoms with E-state index in [1.807, 2.05) is 0 Å². The second-order valence-corrected chi connectivity index (χ2v) is 3.59. The monoisotopic (exact) mass is 188 g/mol. The molecule has 0 amide bonds. The van der Waals surface area contributed by atoms with Crippen molar-refractivity contribution in [2.75, 3.05) is 0 Å². The lowest BCUT2D eigenvalue weighted by Crippen LogP contribution is -1.75. The first kappa shape index (κ1) is 11.0. The summed E-state index contributed by atoms with van der Waals surface area (Å²) < 4.78 is 0. The van der Waals surface area contributed by atoms with Crippen molar-refractivity contribution in [3.8, 4) is 0 Å². The van der Waals surface area contributed by atoms with Gasteiger partial charge in [0.15, 0.2) is 0 Å². The second-order valence-electron chi connectivity index (χ2n) is 3.59. The van der Waals surface area contributed by atoms with E-state index in [-0.39, 0.29) is 0 Å².